The van der Waals surface area contributed by atoms with Crippen LogP contribution in [0.5, 0.6) is 0 Å². The number of aromatic carboxylic acids is 1. The maximum absolute atomic E-state index is 14.6. The van der Waals surface area contributed by atoms with E-state index >= 15 is 0 Å². The summed E-state index contributed by atoms with van der Waals surface area (Å²) < 4.78 is 27.9. The third-order valence-electron chi connectivity index (χ3n) is 4.52. The average Bonchev–Trinajstić information content (AvgIpc) is 3.12. The fraction of sp³-hybridized carbons (Fsp3) is 0.0952. The lowest BCUT2D eigenvalue weighted by Gasteiger charge is -2.26. The van der Waals surface area contributed by atoms with Gasteiger partial charge in [0.15, 0.2) is 0 Å². The van der Waals surface area contributed by atoms with Crippen LogP contribution in [0.25, 0.3) is 0 Å². The molecule has 5 nitrogen and oxygen atoms in total. The smallest absolute Gasteiger partial charge is 0.346 e. The molecule has 2 amide bonds. The summed E-state index contributed by atoms with van der Waals surface area (Å²) in [5.41, 5.74) is 0.748. The zero-order valence-corrected chi connectivity index (χ0v) is 16.9. The van der Waals surface area contributed by atoms with Crippen LogP contribution in [0.4, 0.5) is 14.5 Å². The number of carboxylic acid groups (broad SMARTS) is 1. The summed E-state index contributed by atoms with van der Waals surface area (Å²) in [5.74, 6) is -3.49. The fourth-order valence-electron chi connectivity index (χ4n) is 3.17. The van der Waals surface area contributed by atoms with Crippen LogP contribution in [-0.4, -0.2) is 22.9 Å². The number of fused-ring (bicyclic) bond motifs is 1. The van der Waals surface area contributed by atoms with E-state index < -0.39 is 23.6 Å². The lowest BCUT2D eigenvalue weighted by molar-refractivity contribution is -0.117. The fourth-order valence-corrected chi connectivity index (χ4v) is 4.94. The number of thiophene rings is 1. The summed E-state index contributed by atoms with van der Waals surface area (Å²) in [4.78, 5) is 38.0. The Hall–Kier alpha value is -3.04. The number of amides is 2. The van der Waals surface area contributed by atoms with Crippen molar-refractivity contribution in [2.24, 2.45) is 0 Å². The number of hydrogen-bond acceptors (Lipinski definition) is 5. The standard InChI is InChI=1S/C21H13F2NO4S2/c22-13-3-1-2-11(6-13)9-29-14-4-5-15(23)16(8-14)24-17(25)7-12-10-30-19(21(27)28)18(12)20(24)26/h1-6,8,10H,7,9H2,(H,27,28). The van der Waals surface area contributed by atoms with Gasteiger partial charge in [0.2, 0.25) is 5.91 Å². The third-order valence-corrected chi connectivity index (χ3v) is 6.60. The summed E-state index contributed by atoms with van der Waals surface area (Å²) in [6, 6.07) is 10.1. The van der Waals surface area contributed by atoms with Gasteiger partial charge in [-0.25, -0.2) is 18.5 Å². The molecule has 0 radical (unpaired) electrons. The molecule has 0 spiro atoms. The number of imide groups is 1. The minimum Gasteiger partial charge on any atom is -0.477 e. The highest BCUT2D eigenvalue weighted by Gasteiger charge is 2.38. The van der Waals surface area contributed by atoms with Crippen molar-refractivity contribution in [1.82, 2.24) is 0 Å². The van der Waals surface area contributed by atoms with Crippen LogP contribution in [0.1, 0.15) is 31.2 Å². The number of carbonyl (C=O) groups excluding carboxylic acids is 2. The van der Waals surface area contributed by atoms with E-state index in [4.69, 9.17) is 0 Å². The number of benzene rings is 2. The number of halogens is 2. The van der Waals surface area contributed by atoms with Crippen LogP contribution >= 0.6 is 23.1 Å². The van der Waals surface area contributed by atoms with Crippen molar-refractivity contribution < 1.29 is 28.3 Å². The molecule has 0 unspecified atom stereocenters. The molecule has 2 heterocycles. The highest BCUT2D eigenvalue weighted by molar-refractivity contribution is 7.98. The van der Waals surface area contributed by atoms with E-state index in [1.54, 1.807) is 12.1 Å². The number of anilines is 1. The van der Waals surface area contributed by atoms with Crippen molar-refractivity contribution in [1.29, 1.82) is 0 Å². The first-order valence-electron chi connectivity index (χ1n) is 8.73. The van der Waals surface area contributed by atoms with Crippen LogP contribution in [-0.2, 0) is 17.0 Å². The average molecular weight is 445 g/mol. The van der Waals surface area contributed by atoms with E-state index in [9.17, 15) is 28.3 Å². The molecular formula is C21H13F2NO4S2. The van der Waals surface area contributed by atoms with Crippen LogP contribution < -0.4 is 4.90 Å². The molecular weight excluding hydrogens is 432 g/mol. The maximum atomic E-state index is 14.6. The molecule has 1 aliphatic rings. The number of carbonyl (C=O) groups is 3. The van der Waals surface area contributed by atoms with E-state index in [1.807, 2.05) is 0 Å². The quantitative estimate of drug-likeness (QED) is 0.453. The number of hydrogen-bond donors (Lipinski definition) is 1. The minimum absolute atomic E-state index is 0.0793. The molecule has 152 valence electrons. The van der Waals surface area contributed by atoms with Gasteiger partial charge in [0.1, 0.15) is 16.5 Å². The molecule has 2 aromatic carbocycles. The van der Waals surface area contributed by atoms with Crippen molar-refractivity contribution in [3.8, 4) is 0 Å². The van der Waals surface area contributed by atoms with E-state index in [-0.39, 0.29) is 28.4 Å². The molecule has 0 saturated heterocycles. The topological polar surface area (TPSA) is 74.7 Å². The summed E-state index contributed by atoms with van der Waals surface area (Å²) in [7, 11) is 0. The Morgan fingerprint density at radius 1 is 1.17 bits per heavy atom. The molecule has 3 aromatic rings. The predicted molar refractivity (Wildman–Crippen MR) is 109 cm³/mol. The molecule has 0 atom stereocenters. The minimum atomic E-state index is -1.27. The van der Waals surface area contributed by atoms with Crippen LogP contribution in [0.15, 0.2) is 52.7 Å². The molecule has 1 N–H and O–H groups in total. The Bertz CT molecular complexity index is 1190. The number of thioether (sulfide) groups is 1. The second-order valence-electron chi connectivity index (χ2n) is 6.51. The molecule has 4 rings (SSSR count). The van der Waals surface area contributed by atoms with Gasteiger partial charge in [0, 0.05) is 10.6 Å². The Balaban J connectivity index is 1.65. The lowest BCUT2D eigenvalue weighted by atomic mass is 10.0. The van der Waals surface area contributed by atoms with Gasteiger partial charge in [-0.05, 0) is 46.8 Å². The first kappa shape index (κ1) is 20.2. The second-order valence-corrected chi connectivity index (χ2v) is 8.44. The molecule has 0 aliphatic carbocycles. The highest BCUT2D eigenvalue weighted by Crippen LogP contribution is 2.35. The molecule has 1 aromatic heterocycles. The van der Waals surface area contributed by atoms with Gasteiger partial charge in [-0.2, -0.15) is 0 Å². The number of carboxylic acids is 1. The molecule has 0 fully saturated rings. The molecule has 0 saturated carbocycles. The Labute approximate surface area is 177 Å². The van der Waals surface area contributed by atoms with Gasteiger partial charge in [-0.3, -0.25) is 9.59 Å². The second kappa shape index (κ2) is 8.00. The van der Waals surface area contributed by atoms with Gasteiger partial charge in [0.05, 0.1) is 17.7 Å². The van der Waals surface area contributed by atoms with E-state index in [0.717, 1.165) is 23.0 Å². The van der Waals surface area contributed by atoms with Crippen molar-refractivity contribution in [2.75, 3.05) is 4.90 Å². The summed E-state index contributed by atoms with van der Waals surface area (Å²) in [5, 5.41) is 10.8. The summed E-state index contributed by atoms with van der Waals surface area (Å²) >= 11 is 2.16. The summed E-state index contributed by atoms with van der Waals surface area (Å²) in [6.07, 6.45) is -0.190. The maximum Gasteiger partial charge on any atom is 0.346 e. The lowest BCUT2D eigenvalue weighted by Crippen LogP contribution is -2.43. The molecule has 1 aliphatic heterocycles. The van der Waals surface area contributed by atoms with Crippen molar-refractivity contribution in [3.63, 3.8) is 0 Å². The van der Waals surface area contributed by atoms with Gasteiger partial charge in [0.25, 0.3) is 5.91 Å². The van der Waals surface area contributed by atoms with Crippen LogP contribution in [0.3, 0.4) is 0 Å². The largest absolute Gasteiger partial charge is 0.477 e. The molecule has 30 heavy (non-hydrogen) atoms. The first-order chi connectivity index (χ1) is 14.3. The zero-order valence-electron chi connectivity index (χ0n) is 15.2. The van der Waals surface area contributed by atoms with Crippen molar-refractivity contribution >= 4 is 46.6 Å². The number of rotatable bonds is 5. The zero-order chi connectivity index (χ0) is 21.4. The first-order valence-corrected chi connectivity index (χ1v) is 10.6. The van der Waals surface area contributed by atoms with Gasteiger partial charge in [-0.15, -0.1) is 23.1 Å². The van der Waals surface area contributed by atoms with Crippen molar-refractivity contribution in [2.45, 2.75) is 17.1 Å². The molecule has 9 heteroatoms. The van der Waals surface area contributed by atoms with Gasteiger partial charge < -0.3 is 5.11 Å². The normalized spacial score (nSPS) is 13.5. The predicted octanol–water partition coefficient (Wildman–Crippen LogP) is 4.75. The van der Waals surface area contributed by atoms with Crippen LogP contribution in [0.2, 0.25) is 0 Å². The van der Waals surface area contributed by atoms with E-state index in [0.29, 0.717) is 21.1 Å². The summed E-state index contributed by atoms with van der Waals surface area (Å²) in [6.45, 7) is 0. The Morgan fingerprint density at radius 3 is 2.70 bits per heavy atom. The highest BCUT2D eigenvalue weighted by atomic mass is 32.2. The molecule has 0 bridgehead atoms. The van der Waals surface area contributed by atoms with Crippen molar-refractivity contribution in [3.05, 3.63) is 81.0 Å². The van der Waals surface area contributed by atoms with Gasteiger partial charge in [-0.1, -0.05) is 12.1 Å². The Kier molecular flexibility index (Phi) is 5.40. The van der Waals surface area contributed by atoms with E-state index in [2.05, 4.69) is 0 Å². The van der Waals surface area contributed by atoms with Gasteiger partial charge >= 0.3 is 5.97 Å². The van der Waals surface area contributed by atoms with Crippen LogP contribution in [0, 0.1) is 11.6 Å². The SMILES string of the molecule is O=C(O)c1scc2c1C(=O)N(c1cc(SCc3cccc(F)c3)ccc1F)C(=O)C2. The van der Waals surface area contributed by atoms with E-state index in [1.165, 1.54) is 41.4 Å². The third kappa shape index (κ3) is 3.73. The Morgan fingerprint density at radius 2 is 1.97 bits per heavy atom. The monoisotopic (exact) mass is 445 g/mol. The number of nitrogens with zero attached hydrogens (tertiary/aromatic N) is 1.